The van der Waals surface area contributed by atoms with Crippen LogP contribution in [0.3, 0.4) is 0 Å². The molecule has 0 aliphatic carbocycles. The van der Waals surface area contributed by atoms with Gasteiger partial charge in [-0.1, -0.05) is 0 Å². The zero-order valence-electron chi connectivity index (χ0n) is 12.9. The summed E-state index contributed by atoms with van der Waals surface area (Å²) < 4.78 is 24.6. The maximum atomic E-state index is 12.1. The molecule has 122 valence electrons. The van der Waals surface area contributed by atoms with E-state index in [1.54, 1.807) is 16.8 Å². The number of nitrogens with one attached hydrogen (secondary N) is 1. The Morgan fingerprint density at radius 1 is 1.30 bits per heavy atom. The first kappa shape index (κ1) is 15.7. The van der Waals surface area contributed by atoms with E-state index in [1.807, 2.05) is 31.3 Å². The number of amides is 1. The average molecular weight is 333 g/mol. The molecule has 1 aromatic heterocycles. The van der Waals surface area contributed by atoms with Gasteiger partial charge in [0.05, 0.1) is 22.9 Å². The molecule has 2 heterocycles. The first-order chi connectivity index (χ1) is 10.9. The molecule has 6 nitrogen and oxygen atoms in total. The minimum absolute atomic E-state index is 0.0234. The lowest BCUT2D eigenvalue weighted by molar-refractivity contribution is 0.0948. The largest absolute Gasteiger partial charge is 0.352 e. The van der Waals surface area contributed by atoms with Crippen LogP contribution < -0.4 is 5.32 Å². The van der Waals surface area contributed by atoms with Crippen molar-refractivity contribution in [3.05, 3.63) is 47.8 Å². The normalized spacial score (nSPS) is 19.6. The molecule has 1 aromatic carbocycles. The quantitative estimate of drug-likeness (QED) is 0.916. The molecule has 2 aromatic rings. The van der Waals surface area contributed by atoms with E-state index < -0.39 is 9.84 Å². The van der Waals surface area contributed by atoms with Gasteiger partial charge in [-0.15, -0.1) is 0 Å². The number of hydrogen-bond acceptors (Lipinski definition) is 4. The third kappa shape index (κ3) is 3.79. The number of benzene rings is 1. The van der Waals surface area contributed by atoms with Crippen molar-refractivity contribution < 1.29 is 13.2 Å². The van der Waals surface area contributed by atoms with Crippen LogP contribution in [0.4, 0.5) is 0 Å². The summed E-state index contributed by atoms with van der Waals surface area (Å²) in [6.45, 7) is 2.32. The van der Waals surface area contributed by atoms with Gasteiger partial charge in [-0.25, -0.2) is 13.1 Å². The molecule has 23 heavy (non-hydrogen) atoms. The fraction of sp³-hybridized carbons (Fsp3) is 0.375. The third-order valence-corrected chi connectivity index (χ3v) is 5.83. The van der Waals surface area contributed by atoms with Crippen molar-refractivity contribution in [3.8, 4) is 5.69 Å². The van der Waals surface area contributed by atoms with Gasteiger partial charge < -0.3 is 5.32 Å². The van der Waals surface area contributed by atoms with Gasteiger partial charge in [0.2, 0.25) is 0 Å². The summed E-state index contributed by atoms with van der Waals surface area (Å²) >= 11 is 0. The maximum Gasteiger partial charge on any atom is 0.251 e. The highest BCUT2D eigenvalue weighted by atomic mass is 32.2. The Morgan fingerprint density at radius 3 is 2.61 bits per heavy atom. The minimum Gasteiger partial charge on any atom is -0.352 e. The molecule has 7 heteroatoms. The van der Waals surface area contributed by atoms with Crippen LogP contribution in [-0.4, -0.2) is 42.2 Å². The average Bonchev–Trinajstić information content (AvgIpc) is 3.10. The van der Waals surface area contributed by atoms with Crippen molar-refractivity contribution in [2.75, 3.05) is 18.1 Å². The zero-order valence-corrected chi connectivity index (χ0v) is 13.7. The van der Waals surface area contributed by atoms with E-state index in [9.17, 15) is 13.2 Å². The summed E-state index contributed by atoms with van der Waals surface area (Å²) in [6.07, 6.45) is 2.49. The van der Waals surface area contributed by atoms with Crippen LogP contribution in [0, 0.1) is 12.8 Å². The molecule has 0 unspecified atom stereocenters. The molecule has 1 N–H and O–H groups in total. The Bertz CT molecular complexity index is 809. The Hall–Kier alpha value is -2.15. The Balaban J connectivity index is 1.60. The zero-order chi connectivity index (χ0) is 16.4. The Kier molecular flexibility index (Phi) is 4.21. The number of aryl methyl sites for hydroxylation is 1. The van der Waals surface area contributed by atoms with E-state index in [4.69, 9.17) is 0 Å². The second-order valence-corrected chi connectivity index (χ2v) is 8.16. The topological polar surface area (TPSA) is 81.1 Å². The van der Waals surface area contributed by atoms with Crippen molar-refractivity contribution >= 4 is 15.7 Å². The molecule has 0 bridgehead atoms. The predicted octanol–water partition coefficient (Wildman–Crippen LogP) is 1.35. The van der Waals surface area contributed by atoms with E-state index >= 15 is 0 Å². The summed E-state index contributed by atoms with van der Waals surface area (Å²) in [5.41, 5.74) is 2.37. The number of sulfone groups is 1. The fourth-order valence-electron chi connectivity index (χ4n) is 2.70. The molecule has 1 aliphatic rings. The molecule has 1 saturated heterocycles. The predicted molar refractivity (Wildman–Crippen MR) is 87.4 cm³/mol. The van der Waals surface area contributed by atoms with E-state index in [0.717, 1.165) is 11.4 Å². The van der Waals surface area contributed by atoms with Gasteiger partial charge in [0.1, 0.15) is 0 Å². The number of carbonyl (C=O) groups excluding carboxylic acids is 1. The molecule has 1 aliphatic heterocycles. The highest BCUT2D eigenvalue weighted by Gasteiger charge is 2.27. The standard InChI is InChI=1S/C16H19N3O3S/c1-12-6-8-19(18-12)15-4-2-14(3-5-15)16(20)17-10-13-7-9-23(21,22)11-13/h2-6,8,13H,7,9-11H2,1H3,(H,17,20)/t13-/m1/s1. The van der Waals surface area contributed by atoms with Gasteiger partial charge in [-0.2, -0.15) is 5.10 Å². The monoisotopic (exact) mass is 333 g/mol. The number of rotatable bonds is 4. The molecule has 0 saturated carbocycles. The summed E-state index contributed by atoms with van der Waals surface area (Å²) in [4.78, 5) is 12.1. The van der Waals surface area contributed by atoms with E-state index in [2.05, 4.69) is 10.4 Å². The molecule has 0 spiro atoms. The first-order valence-corrected chi connectivity index (χ1v) is 9.36. The van der Waals surface area contributed by atoms with Crippen molar-refractivity contribution in [2.45, 2.75) is 13.3 Å². The SMILES string of the molecule is Cc1ccn(-c2ccc(C(=O)NC[C@H]3CCS(=O)(=O)C3)cc2)n1. The van der Waals surface area contributed by atoms with E-state index in [1.165, 1.54) is 0 Å². The lowest BCUT2D eigenvalue weighted by atomic mass is 10.1. The molecule has 1 atom stereocenters. The summed E-state index contributed by atoms with van der Waals surface area (Å²) in [7, 11) is -2.90. The molecule has 1 amide bonds. The Morgan fingerprint density at radius 2 is 2.04 bits per heavy atom. The van der Waals surface area contributed by atoms with Crippen molar-refractivity contribution in [1.82, 2.24) is 15.1 Å². The summed E-state index contributed by atoms with van der Waals surface area (Å²) in [6, 6.07) is 9.07. The number of nitrogens with zero attached hydrogens (tertiary/aromatic N) is 2. The van der Waals surface area contributed by atoms with Crippen LogP contribution in [0.1, 0.15) is 22.5 Å². The van der Waals surface area contributed by atoms with Crippen LogP contribution in [0.5, 0.6) is 0 Å². The molecular weight excluding hydrogens is 314 g/mol. The molecule has 0 radical (unpaired) electrons. The van der Waals surface area contributed by atoms with Gasteiger partial charge in [-0.3, -0.25) is 4.79 Å². The van der Waals surface area contributed by atoms with Crippen LogP contribution >= 0.6 is 0 Å². The highest BCUT2D eigenvalue weighted by molar-refractivity contribution is 7.91. The van der Waals surface area contributed by atoms with Crippen LogP contribution in [0.2, 0.25) is 0 Å². The smallest absolute Gasteiger partial charge is 0.251 e. The van der Waals surface area contributed by atoms with Crippen LogP contribution in [-0.2, 0) is 9.84 Å². The van der Waals surface area contributed by atoms with Gasteiger partial charge in [0, 0.05) is 18.3 Å². The lowest BCUT2D eigenvalue weighted by Crippen LogP contribution is -2.29. The highest BCUT2D eigenvalue weighted by Crippen LogP contribution is 2.17. The Labute approximate surface area is 135 Å². The van der Waals surface area contributed by atoms with Gasteiger partial charge in [0.15, 0.2) is 9.84 Å². The van der Waals surface area contributed by atoms with E-state index in [-0.39, 0.29) is 23.3 Å². The van der Waals surface area contributed by atoms with E-state index in [0.29, 0.717) is 18.5 Å². The molecule has 3 rings (SSSR count). The molecule has 1 fully saturated rings. The first-order valence-electron chi connectivity index (χ1n) is 7.54. The summed E-state index contributed by atoms with van der Waals surface area (Å²) in [5.74, 6) is 0.240. The number of hydrogen-bond donors (Lipinski definition) is 1. The summed E-state index contributed by atoms with van der Waals surface area (Å²) in [5, 5.41) is 7.13. The number of aromatic nitrogens is 2. The third-order valence-electron chi connectivity index (χ3n) is 3.99. The molecular formula is C16H19N3O3S. The van der Waals surface area contributed by atoms with Gasteiger partial charge in [0.25, 0.3) is 5.91 Å². The second kappa shape index (κ2) is 6.16. The lowest BCUT2D eigenvalue weighted by Gasteiger charge is -2.10. The van der Waals surface area contributed by atoms with Crippen LogP contribution in [0.25, 0.3) is 5.69 Å². The van der Waals surface area contributed by atoms with Crippen molar-refractivity contribution in [2.24, 2.45) is 5.92 Å². The van der Waals surface area contributed by atoms with Crippen molar-refractivity contribution in [3.63, 3.8) is 0 Å². The van der Waals surface area contributed by atoms with Crippen molar-refractivity contribution in [1.29, 1.82) is 0 Å². The second-order valence-electron chi connectivity index (χ2n) is 5.93. The minimum atomic E-state index is -2.90. The van der Waals surface area contributed by atoms with Gasteiger partial charge in [-0.05, 0) is 49.6 Å². The van der Waals surface area contributed by atoms with Gasteiger partial charge >= 0.3 is 0 Å². The number of carbonyl (C=O) groups is 1. The fourth-order valence-corrected chi connectivity index (χ4v) is 4.56. The van der Waals surface area contributed by atoms with Crippen LogP contribution in [0.15, 0.2) is 36.5 Å². The maximum absolute atomic E-state index is 12.1.